The highest BCUT2D eigenvalue weighted by atomic mass is 15.1. The summed E-state index contributed by atoms with van der Waals surface area (Å²) in [5.41, 5.74) is 25.4. The molecule has 0 unspecified atom stereocenters. The van der Waals surface area contributed by atoms with E-state index < -0.39 is 0 Å². The Hall–Kier alpha value is -9.96. The second-order valence-corrected chi connectivity index (χ2v) is 30.8. The average molecular weight is 1470 g/mol. The van der Waals surface area contributed by atoms with E-state index in [9.17, 15) is 0 Å². The van der Waals surface area contributed by atoms with Crippen LogP contribution in [0.1, 0.15) is 262 Å². The maximum absolute atomic E-state index is 2.61. The Kier molecular flexibility index (Phi) is 36.1. The van der Waals surface area contributed by atoms with E-state index in [0.717, 1.165) is 56.0 Å². The van der Waals surface area contributed by atoms with Gasteiger partial charge in [-0.2, -0.15) is 0 Å². The van der Waals surface area contributed by atoms with Crippen molar-refractivity contribution in [3.8, 4) is 33.4 Å². The summed E-state index contributed by atoms with van der Waals surface area (Å²) in [7, 11) is 0. The Bertz CT molecular complexity index is 3910. The van der Waals surface area contributed by atoms with Gasteiger partial charge in [0, 0.05) is 56.3 Å². The van der Waals surface area contributed by atoms with Crippen LogP contribution in [0.15, 0.2) is 237 Å². The zero-order valence-electron chi connectivity index (χ0n) is 68.5. The molecule has 0 saturated carbocycles. The Morgan fingerprint density at radius 1 is 0.153 bits per heavy atom. The molecule has 0 aromatic heterocycles. The molecule has 3 nitrogen and oxygen atoms in total. The summed E-state index contributed by atoms with van der Waals surface area (Å²) in [5, 5.41) is 0. The molecule has 0 aliphatic heterocycles. The lowest BCUT2D eigenvalue weighted by Gasteiger charge is -2.25. The van der Waals surface area contributed by atoms with Gasteiger partial charge in [0.15, 0.2) is 0 Å². The van der Waals surface area contributed by atoms with Crippen LogP contribution in [0.3, 0.4) is 0 Å². The third-order valence-electron chi connectivity index (χ3n) is 21.7. The first-order valence-corrected chi connectivity index (χ1v) is 43.1. The summed E-state index contributed by atoms with van der Waals surface area (Å²) in [4.78, 5) is 7.84. The minimum Gasteiger partial charge on any atom is -0.372 e. The zero-order valence-corrected chi connectivity index (χ0v) is 68.5. The first kappa shape index (κ1) is 83.5. The van der Waals surface area contributed by atoms with Crippen LogP contribution in [0, 0.1) is 0 Å². The van der Waals surface area contributed by atoms with Crippen LogP contribution in [0.25, 0.3) is 106 Å². The van der Waals surface area contributed by atoms with Gasteiger partial charge in [-0.15, -0.1) is 0 Å². The van der Waals surface area contributed by atoms with Gasteiger partial charge in [-0.05, 0) is 193 Å². The van der Waals surface area contributed by atoms with Crippen molar-refractivity contribution in [1.82, 2.24) is 0 Å². The van der Waals surface area contributed by atoms with Crippen LogP contribution in [0.2, 0.25) is 0 Å². The van der Waals surface area contributed by atoms with Gasteiger partial charge in [-0.25, -0.2) is 0 Å². The molecule has 10 aromatic carbocycles. The number of hydrogen-bond donors (Lipinski definition) is 0. The summed E-state index contributed by atoms with van der Waals surface area (Å²) in [5.74, 6) is 0. The maximum Gasteiger partial charge on any atom is 0.0366 e. The van der Waals surface area contributed by atoms with Crippen LogP contribution in [-0.4, -0.2) is 39.3 Å². The number of rotatable bonds is 48. The number of benzene rings is 10. The van der Waals surface area contributed by atoms with Crippen molar-refractivity contribution < 1.29 is 0 Å². The summed E-state index contributed by atoms with van der Waals surface area (Å²) >= 11 is 0. The standard InChI is InChI=1S/C108H129N3/c1-7-13-19-25-79-109(80-26-20-14-8-2)106-73-61-97(62-74-106)52-46-91-37-31-88(32-38-91)43-49-94-55-67-100(68-56-94)103-85-104(101-69-57-95(58-70-101)50-44-89-33-39-92(40-34-89)47-53-98-63-75-107(76-64-98)110(81-27-21-15-9-3)82-28-22-16-10-4)87-105(86-103)102-71-59-96(60-72-102)51-45-90-35-41-93(42-36-90)48-54-99-65-77-108(78-66-99)111(83-29-23-17-11-5)84-30-24-18-12-6/h31-78,85-87H,7-30,79-84H2,1-6H3/b49-43+,50-44+,51-45+,52-46+,53-47+,54-48+. The van der Waals surface area contributed by atoms with Crippen molar-refractivity contribution >= 4 is 90.0 Å². The van der Waals surface area contributed by atoms with E-state index in [1.807, 2.05) is 0 Å². The second-order valence-electron chi connectivity index (χ2n) is 30.8. The molecule has 0 aliphatic carbocycles. The first-order chi connectivity index (χ1) is 54.7. The van der Waals surface area contributed by atoms with E-state index in [1.54, 1.807) is 0 Å². The van der Waals surface area contributed by atoms with Gasteiger partial charge >= 0.3 is 0 Å². The van der Waals surface area contributed by atoms with Crippen molar-refractivity contribution in [2.45, 2.75) is 196 Å². The molecule has 0 bridgehead atoms. The van der Waals surface area contributed by atoms with E-state index >= 15 is 0 Å². The topological polar surface area (TPSA) is 9.72 Å². The third-order valence-corrected chi connectivity index (χ3v) is 21.7. The molecule has 0 N–H and O–H groups in total. The highest BCUT2D eigenvalue weighted by Crippen LogP contribution is 2.35. The highest BCUT2D eigenvalue weighted by molar-refractivity contribution is 5.84. The summed E-state index contributed by atoms with van der Waals surface area (Å²) in [6.45, 7) is 20.6. The molecule has 0 atom stereocenters. The maximum atomic E-state index is 2.61. The number of anilines is 3. The predicted octanol–water partition coefficient (Wildman–Crippen LogP) is 31.6. The highest BCUT2D eigenvalue weighted by Gasteiger charge is 2.13. The van der Waals surface area contributed by atoms with Gasteiger partial charge < -0.3 is 14.7 Å². The smallest absolute Gasteiger partial charge is 0.0366 e. The molecule has 0 radical (unpaired) electrons. The SMILES string of the molecule is CCCCCCN(CCCCCC)c1ccc(/C=C/c2ccc(/C=C/c3ccc(-c4cc(-c5ccc(/C=C/c6ccc(/C=C/c7ccc(N(CCCCCC)CCCCCC)cc7)cc6)cc5)cc(-c5ccc(/C=C/c6ccc(/C=C/c7ccc(N(CCCCCC)CCCCCC)cc7)cc6)cc5)c4)cc3)cc2)cc1. The van der Waals surface area contributed by atoms with Crippen LogP contribution >= 0.6 is 0 Å². The molecular formula is C108H129N3. The van der Waals surface area contributed by atoms with Crippen molar-refractivity contribution in [3.05, 3.63) is 303 Å². The number of unbranched alkanes of at least 4 members (excludes halogenated alkanes) is 18. The minimum absolute atomic E-state index is 1.15. The van der Waals surface area contributed by atoms with Crippen LogP contribution in [0.5, 0.6) is 0 Å². The number of hydrogen-bond acceptors (Lipinski definition) is 3. The third kappa shape index (κ3) is 29.0. The van der Waals surface area contributed by atoms with Gasteiger partial charge in [-0.3, -0.25) is 0 Å². The predicted molar refractivity (Wildman–Crippen MR) is 496 cm³/mol. The van der Waals surface area contributed by atoms with Gasteiger partial charge in [0.1, 0.15) is 0 Å². The monoisotopic (exact) mass is 1470 g/mol. The fourth-order valence-electron chi connectivity index (χ4n) is 14.7. The van der Waals surface area contributed by atoms with E-state index in [-0.39, 0.29) is 0 Å². The molecule has 10 aromatic rings. The summed E-state index contributed by atoms with van der Waals surface area (Å²) in [6.07, 6.45) is 57.8. The Morgan fingerprint density at radius 3 is 0.432 bits per heavy atom. The lowest BCUT2D eigenvalue weighted by molar-refractivity contribution is 0.609. The van der Waals surface area contributed by atoms with E-state index in [1.165, 1.54) is 255 Å². The first-order valence-electron chi connectivity index (χ1n) is 43.1. The van der Waals surface area contributed by atoms with Gasteiger partial charge in [0.05, 0.1) is 0 Å². The molecule has 0 aliphatic rings. The van der Waals surface area contributed by atoms with Gasteiger partial charge in [0.2, 0.25) is 0 Å². The molecule has 0 saturated heterocycles. The molecule has 0 spiro atoms. The van der Waals surface area contributed by atoms with E-state index in [2.05, 4.69) is 366 Å². The van der Waals surface area contributed by atoms with Crippen molar-refractivity contribution in [3.63, 3.8) is 0 Å². The Morgan fingerprint density at radius 2 is 0.288 bits per heavy atom. The van der Waals surface area contributed by atoms with Crippen LogP contribution in [-0.2, 0) is 0 Å². The minimum atomic E-state index is 1.15. The van der Waals surface area contributed by atoms with Crippen molar-refractivity contribution in [1.29, 1.82) is 0 Å². The average Bonchev–Trinajstić information content (AvgIpc) is 0.797. The van der Waals surface area contributed by atoms with Crippen LogP contribution < -0.4 is 14.7 Å². The van der Waals surface area contributed by atoms with E-state index in [4.69, 9.17) is 0 Å². The van der Waals surface area contributed by atoms with Crippen LogP contribution in [0.4, 0.5) is 17.1 Å². The molecule has 0 heterocycles. The summed E-state index contributed by atoms with van der Waals surface area (Å²) < 4.78 is 0. The molecule has 10 rings (SSSR count). The van der Waals surface area contributed by atoms with E-state index in [0.29, 0.717) is 0 Å². The van der Waals surface area contributed by atoms with Gasteiger partial charge in [-0.1, -0.05) is 412 Å². The fraction of sp³-hybridized carbons (Fsp3) is 0.333. The molecule has 111 heavy (non-hydrogen) atoms. The molecule has 576 valence electrons. The quantitative estimate of drug-likeness (QED) is 0.0278. The zero-order chi connectivity index (χ0) is 77.1. The summed E-state index contributed by atoms with van der Waals surface area (Å²) in [6, 6.07) is 88.3. The lowest BCUT2D eigenvalue weighted by Crippen LogP contribution is -2.25. The molecule has 0 fully saturated rings. The number of nitrogens with zero attached hydrogens (tertiary/aromatic N) is 3. The normalized spacial score (nSPS) is 11.8. The lowest BCUT2D eigenvalue weighted by atomic mass is 9.92. The Balaban J connectivity index is 0.802. The van der Waals surface area contributed by atoms with Crippen molar-refractivity contribution in [2.75, 3.05) is 54.0 Å². The molecular weight excluding hydrogens is 1340 g/mol. The Labute approximate surface area is 672 Å². The fourth-order valence-corrected chi connectivity index (χ4v) is 14.7. The largest absolute Gasteiger partial charge is 0.372 e. The molecule has 3 heteroatoms. The van der Waals surface area contributed by atoms with Gasteiger partial charge in [0.25, 0.3) is 0 Å². The second kappa shape index (κ2) is 48.0. The van der Waals surface area contributed by atoms with Crippen molar-refractivity contribution in [2.24, 2.45) is 0 Å². The molecule has 0 amide bonds.